The summed E-state index contributed by atoms with van der Waals surface area (Å²) in [5.41, 5.74) is 6.12. The summed E-state index contributed by atoms with van der Waals surface area (Å²) >= 11 is 11.7. The minimum absolute atomic E-state index is 0.245. The average Bonchev–Trinajstić information content (AvgIpc) is 2.52. The molecule has 1 aromatic heterocycles. The highest BCUT2D eigenvalue weighted by atomic mass is 35.5. The lowest BCUT2D eigenvalue weighted by Crippen LogP contribution is -2.02. The van der Waals surface area contributed by atoms with Crippen molar-refractivity contribution in [1.29, 1.82) is 0 Å². The summed E-state index contributed by atoms with van der Waals surface area (Å²) in [6.45, 7) is 0.327. The Hall–Kier alpha value is -1.26. The Labute approximate surface area is 102 Å². The van der Waals surface area contributed by atoms with Crippen LogP contribution in [0.25, 0.3) is 0 Å². The molecule has 16 heavy (non-hydrogen) atoms. The fourth-order valence-electron chi connectivity index (χ4n) is 1.33. The third-order valence-corrected chi connectivity index (χ3v) is 2.74. The van der Waals surface area contributed by atoms with Gasteiger partial charge in [0.05, 0.1) is 6.54 Å². The van der Waals surface area contributed by atoms with Gasteiger partial charge in [0.25, 0.3) is 0 Å². The van der Waals surface area contributed by atoms with Crippen LogP contribution in [0.1, 0.15) is 5.56 Å². The van der Waals surface area contributed by atoms with Crippen LogP contribution in [0.15, 0.2) is 24.4 Å². The molecule has 2 rings (SSSR count). The number of benzene rings is 1. The van der Waals surface area contributed by atoms with Crippen LogP contribution in [0.5, 0.6) is 0 Å². The molecule has 2 aromatic rings. The smallest absolute Gasteiger partial charge is 0.164 e. The first kappa shape index (κ1) is 11.2. The van der Waals surface area contributed by atoms with E-state index in [1.54, 1.807) is 6.20 Å². The van der Waals surface area contributed by atoms with Gasteiger partial charge < -0.3 is 5.73 Å². The molecule has 0 bridgehead atoms. The van der Waals surface area contributed by atoms with Crippen LogP contribution in [0.3, 0.4) is 0 Å². The molecule has 6 heteroatoms. The number of halogens is 3. The molecule has 0 radical (unpaired) electrons. The number of nitrogens with two attached hydrogens (primary N) is 1. The van der Waals surface area contributed by atoms with Gasteiger partial charge in [-0.3, -0.25) is 4.68 Å². The molecule has 84 valence electrons. The highest BCUT2D eigenvalue weighted by Crippen LogP contribution is 2.20. The molecule has 1 aromatic carbocycles. The Morgan fingerprint density at radius 1 is 1.31 bits per heavy atom. The summed E-state index contributed by atoms with van der Waals surface area (Å²) < 4.78 is 14.5. The van der Waals surface area contributed by atoms with E-state index in [0.29, 0.717) is 22.2 Å². The molecule has 0 saturated carbocycles. The monoisotopic (exact) mass is 259 g/mol. The van der Waals surface area contributed by atoms with Crippen LogP contribution in [-0.4, -0.2) is 9.78 Å². The zero-order valence-corrected chi connectivity index (χ0v) is 9.63. The molecule has 0 spiro atoms. The zero-order chi connectivity index (χ0) is 11.7. The van der Waals surface area contributed by atoms with E-state index < -0.39 is 0 Å². The first-order valence-corrected chi connectivity index (χ1v) is 5.24. The molecule has 3 nitrogen and oxygen atoms in total. The second-order valence-electron chi connectivity index (χ2n) is 3.30. The zero-order valence-electron chi connectivity index (χ0n) is 8.12. The number of aromatic nitrogens is 2. The van der Waals surface area contributed by atoms with Crippen molar-refractivity contribution < 1.29 is 4.39 Å². The quantitative estimate of drug-likeness (QED) is 0.902. The second kappa shape index (κ2) is 4.31. The Bertz CT molecular complexity index is 505. The third kappa shape index (κ3) is 2.28. The number of hydrogen-bond donors (Lipinski definition) is 1. The van der Waals surface area contributed by atoms with Gasteiger partial charge in [-0.15, -0.1) is 0 Å². The highest BCUT2D eigenvalue weighted by molar-refractivity contribution is 6.32. The van der Waals surface area contributed by atoms with E-state index in [1.807, 2.05) is 0 Å². The summed E-state index contributed by atoms with van der Waals surface area (Å²) in [5, 5.41) is 4.80. The summed E-state index contributed by atoms with van der Waals surface area (Å²) in [6.07, 6.45) is 1.57. The number of hydrogen-bond acceptors (Lipinski definition) is 2. The van der Waals surface area contributed by atoms with Crippen molar-refractivity contribution in [2.75, 3.05) is 5.73 Å². The van der Waals surface area contributed by atoms with Crippen molar-refractivity contribution in [3.05, 3.63) is 45.8 Å². The lowest BCUT2D eigenvalue weighted by Gasteiger charge is -2.04. The lowest BCUT2D eigenvalue weighted by molar-refractivity contribution is 0.619. The van der Waals surface area contributed by atoms with Crippen molar-refractivity contribution in [3.63, 3.8) is 0 Å². The molecule has 1 heterocycles. The van der Waals surface area contributed by atoms with Crippen LogP contribution in [0.4, 0.5) is 10.2 Å². The van der Waals surface area contributed by atoms with E-state index in [0.717, 1.165) is 0 Å². The molecule has 0 amide bonds. The molecule has 0 aliphatic heterocycles. The van der Waals surface area contributed by atoms with Gasteiger partial charge in [-0.1, -0.05) is 23.2 Å². The molecule has 0 aliphatic carbocycles. The van der Waals surface area contributed by atoms with E-state index in [-0.39, 0.29) is 11.6 Å². The van der Waals surface area contributed by atoms with E-state index in [9.17, 15) is 4.39 Å². The fourth-order valence-corrected chi connectivity index (χ4v) is 1.66. The van der Waals surface area contributed by atoms with Crippen molar-refractivity contribution >= 4 is 29.0 Å². The first-order valence-electron chi connectivity index (χ1n) is 4.48. The molecule has 0 atom stereocenters. The normalized spacial score (nSPS) is 10.7. The molecular formula is C10H8Cl2FN3. The average molecular weight is 260 g/mol. The van der Waals surface area contributed by atoms with Gasteiger partial charge in [0, 0.05) is 11.2 Å². The van der Waals surface area contributed by atoms with E-state index in [1.165, 1.54) is 22.9 Å². The van der Waals surface area contributed by atoms with Gasteiger partial charge in [-0.05, 0) is 23.8 Å². The second-order valence-corrected chi connectivity index (χ2v) is 4.11. The maximum Gasteiger partial charge on any atom is 0.164 e. The Kier molecular flexibility index (Phi) is 3.03. The maximum absolute atomic E-state index is 13.0. The van der Waals surface area contributed by atoms with Crippen LogP contribution >= 0.6 is 23.2 Å². The molecule has 0 unspecified atom stereocenters. The number of anilines is 1. The van der Waals surface area contributed by atoms with Crippen LogP contribution in [-0.2, 0) is 6.54 Å². The SMILES string of the molecule is Nc1nn(Cc2cc(F)ccc2Cl)cc1Cl. The highest BCUT2D eigenvalue weighted by Gasteiger charge is 2.06. The third-order valence-electron chi connectivity index (χ3n) is 2.08. The van der Waals surface area contributed by atoms with Crippen molar-refractivity contribution in [1.82, 2.24) is 9.78 Å². The molecule has 0 fully saturated rings. The Morgan fingerprint density at radius 2 is 2.06 bits per heavy atom. The Morgan fingerprint density at radius 3 is 2.69 bits per heavy atom. The minimum atomic E-state index is -0.342. The van der Waals surface area contributed by atoms with Crippen molar-refractivity contribution in [2.24, 2.45) is 0 Å². The number of nitrogen functional groups attached to an aromatic ring is 1. The fraction of sp³-hybridized carbons (Fsp3) is 0.100. The van der Waals surface area contributed by atoms with Crippen molar-refractivity contribution in [2.45, 2.75) is 6.54 Å². The Balaban J connectivity index is 2.29. The molecule has 2 N–H and O–H groups in total. The van der Waals surface area contributed by atoms with Crippen LogP contribution in [0.2, 0.25) is 10.0 Å². The molecule has 0 saturated heterocycles. The van der Waals surface area contributed by atoms with E-state index >= 15 is 0 Å². The van der Waals surface area contributed by atoms with Gasteiger partial charge in [-0.2, -0.15) is 5.10 Å². The predicted molar refractivity (Wildman–Crippen MR) is 62.2 cm³/mol. The van der Waals surface area contributed by atoms with Crippen molar-refractivity contribution in [3.8, 4) is 0 Å². The predicted octanol–water partition coefficient (Wildman–Crippen LogP) is 2.96. The van der Waals surface area contributed by atoms with Gasteiger partial charge in [0.15, 0.2) is 5.82 Å². The van der Waals surface area contributed by atoms with Gasteiger partial charge >= 0.3 is 0 Å². The van der Waals surface area contributed by atoms with Gasteiger partial charge in [0.2, 0.25) is 0 Å². The van der Waals surface area contributed by atoms with Gasteiger partial charge in [0.1, 0.15) is 10.8 Å². The summed E-state index contributed by atoms with van der Waals surface area (Å²) in [4.78, 5) is 0. The molecular weight excluding hydrogens is 252 g/mol. The first-order chi connectivity index (χ1) is 7.56. The maximum atomic E-state index is 13.0. The summed E-state index contributed by atoms with van der Waals surface area (Å²) in [7, 11) is 0. The minimum Gasteiger partial charge on any atom is -0.381 e. The van der Waals surface area contributed by atoms with Gasteiger partial charge in [-0.25, -0.2) is 4.39 Å². The standard InChI is InChI=1S/C10H8Cl2FN3/c11-8-2-1-7(13)3-6(8)4-16-5-9(12)10(14)15-16/h1-3,5H,4H2,(H2,14,15). The lowest BCUT2D eigenvalue weighted by atomic mass is 10.2. The van der Waals surface area contributed by atoms with Crippen LogP contribution < -0.4 is 5.73 Å². The molecule has 0 aliphatic rings. The number of rotatable bonds is 2. The largest absolute Gasteiger partial charge is 0.381 e. The summed E-state index contributed by atoms with van der Waals surface area (Å²) in [5.74, 6) is -0.0974. The van der Waals surface area contributed by atoms with E-state index in [4.69, 9.17) is 28.9 Å². The number of nitrogens with zero attached hydrogens (tertiary/aromatic N) is 2. The topological polar surface area (TPSA) is 43.8 Å². The van der Waals surface area contributed by atoms with E-state index in [2.05, 4.69) is 5.10 Å². The van der Waals surface area contributed by atoms with Crippen LogP contribution in [0, 0.1) is 5.82 Å². The summed E-state index contributed by atoms with van der Waals surface area (Å²) in [6, 6.07) is 4.16.